The molecule has 0 saturated carbocycles. The molecule has 0 atom stereocenters. The fourth-order valence-corrected chi connectivity index (χ4v) is 4.67. The summed E-state index contributed by atoms with van der Waals surface area (Å²) in [6, 6.07) is 11.2. The minimum Gasteiger partial charge on any atom is -0.322 e. The molecule has 0 radical (unpaired) electrons. The Bertz CT molecular complexity index is 1070. The number of rotatable bonds is 5. The second-order valence-electron chi connectivity index (χ2n) is 6.17. The Balaban J connectivity index is 1.84. The zero-order valence-electron chi connectivity index (χ0n) is 14.6. The number of fused-ring (bicyclic) bond motifs is 1. The monoisotopic (exact) mass is 389 g/mol. The maximum Gasteiger partial charge on any atom is 0.255 e. The van der Waals surface area contributed by atoms with Gasteiger partial charge in [-0.2, -0.15) is 0 Å². The van der Waals surface area contributed by atoms with Crippen LogP contribution >= 0.6 is 11.3 Å². The molecule has 1 amide bonds. The number of nitrogens with one attached hydrogen (secondary N) is 2. The summed E-state index contributed by atoms with van der Waals surface area (Å²) in [5.41, 5.74) is 1.80. The Hall–Kier alpha value is -2.29. The molecular formula is C18H19N3O3S2. The first-order valence-electron chi connectivity index (χ1n) is 8.05. The number of nitrogens with zero attached hydrogens (tertiary/aromatic N) is 1. The summed E-state index contributed by atoms with van der Waals surface area (Å²) in [4.78, 5) is 17.0. The highest BCUT2D eigenvalue weighted by molar-refractivity contribution is 7.89. The molecule has 0 spiro atoms. The van der Waals surface area contributed by atoms with Crippen molar-refractivity contribution in [2.24, 2.45) is 0 Å². The lowest BCUT2D eigenvalue weighted by Gasteiger charge is -2.11. The fraction of sp³-hybridized carbons (Fsp3) is 0.222. The third-order valence-electron chi connectivity index (χ3n) is 3.55. The van der Waals surface area contributed by atoms with Gasteiger partial charge in [0.2, 0.25) is 10.0 Å². The average molecular weight is 390 g/mol. The standard InChI is InChI=1S/C18H19N3O3S2/c1-11(2)21-26(23,24)15-6-4-5-13(9-15)18(22)20-14-7-8-16-17(10-14)25-12(3)19-16/h4-11,21H,1-3H3,(H,20,22). The summed E-state index contributed by atoms with van der Waals surface area (Å²) in [6.45, 7) is 5.41. The molecular weight excluding hydrogens is 370 g/mol. The van der Waals surface area contributed by atoms with Gasteiger partial charge in [0.1, 0.15) is 0 Å². The molecule has 26 heavy (non-hydrogen) atoms. The number of carbonyl (C=O) groups is 1. The predicted octanol–water partition coefficient (Wildman–Crippen LogP) is 3.54. The molecule has 1 aromatic heterocycles. The van der Waals surface area contributed by atoms with Crippen LogP contribution in [0.15, 0.2) is 47.4 Å². The topological polar surface area (TPSA) is 88.2 Å². The normalized spacial score (nSPS) is 11.8. The van der Waals surface area contributed by atoms with Crippen molar-refractivity contribution in [3.8, 4) is 0 Å². The van der Waals surface area contributed by atoms with Crippen LogP contribution in [-0.2, 0) is 10.0 Å². The van der Waals surface area contributed by atoms with E-state index >= 15 is 0 Å². The number of carbonyl (C=O) groups excluding carboxylic acids is 1. The Kier molecular flexibility index (Phi) is 5.08. The smallest absolute Gasteiger partial charge is 0.255 e. The summed E-state index contributed by atoms with van der Waals surface area (Å²) in [5.74, 6) is -0.368. The molecule has 0 aliphatic carbocycles. The van der Waals surface area contributed by atoms with Crippen LogP contribution in [0.3, 0.4) is 0 Å². The van der Waals surface area contributed by atoms with Crippen molar-refractivity contribution < 1.29 is 13.2 Å². The number of hydrogen-bond acceptors (Lipinski definition) is 5. The number of thiazole rings is 1. The average Bonchev–Trinajstić information content (AvgIpc) is 2.93. The molecule has 0 unspecified atom stereocenters. The number of aryl methyl sites for hydroxylation is 1. The number of sulfonamides is 1. The summed E-state index contributed by atoms with van der Waals surface area (Å²) in [7, 11) is -3.65. The highest BCUT2D eigenvalue weighted by atomic mass is 32.2. The van der Waals surface area contributed by atoms with Crippen LogP contribution in [-0.4, -0.2) is 25.4 Å². The molecule has 0 aliphatic heterocycles. The van der Waals surface area contributed by atoms with E-state index in [1.54, 1.807) is 43.4 Å². The zero-order chi connectivity index (χ0) is 18.9. The van der Waals surface area contributed by atoms with Crippen molar-refractivity contribution in [2.75, 3.05) is 5.32 Å². The molecule has 136 valence electrons. The molecule has 2 N–H and O–H groups in total. The van der Waals surface area contributed by atoms with E-state index in [2.05, 4.69) is 15.0 Å². The van der Waals surface area contributed by atoms with Crippen LogP contribution < -0.4 is 10.0 Å². The highest BCUT2D eigenvalue weighted by Gasteiger charge is 2.17. The van der Waals surface area contributed by atoms with E-state index in [1.165, 1.54) is 12.1 Å². The molecule has 0 bridgehead atoms. The Morgan fingerprint density at radius 1 is 1.15 bits per heavy atom. The fourth-order valence-electron chi connectivity index (χ4n) is 2.50. The van der Waals surface area contributed by atoms with Gasteiger partial charge in [0.25, 0.3) is 5.91 Å². The number of benzene rings is 2. The van der Waals surface area contributed by atoms with Crippen molar-refractivity contribution in [1.82, 2.24) is 9.71 Å². The van der Waals surface area contributed by atoms with Gasteiger partial charge in [0.15, 0.2) is 0 Å². The second kappa shape index (κ2) is 7.14. The lowest BCUT2D eigenvalue weighted by molar-refractivity contribution is 0.102. The summed E-state index contributed by atoms with van der Waals surface area (Å²) >= 11 is 1.55. The number of hydrogen-bond donors (Lipinski definition) is 2. The predicted molar refractivity (Wildman–Crippen MR) is 104 cm³/mol. The van der Waals surface area contributed by atoms with E-state index in [4.69, 9.17) is 0 Å². The summed E-state index contributed by atoms with van der Waals surface area (Å²) in [5, 5.41) is 3.76. The van der Waals surface area contributed by atoms with Gasteiger partial charge in [-0.05, 0) is 57.2 Å². The first kappa shape index (κ1) is 18.5. The quantitative estimate of drug-likeness (QED) is 0.698. The van der Waals surface area contributed by atoms with E-state index in [0.717, 1.165) is 15.2 Å². The molecule has 3 rings (SSSR count). The van der Waals surface area contributed by atoms with E-state index in [1.807, 2.05) is 19.1 Å². The maximum atomic E-state index is 12.5. The van der Waals surface area contributed by atoms with E-state index < -0.39 is 10.0 Å². The van der Waals surface area contributed by atoms with E-state index in [0.29, 0.717) is 5.69 Å². The first-order chi connectivity index (χ1) is 12.2. The summed E-state index contributed by atoms with van der Waals surface area (Å²) in [6.07, 6.45) is 0. The van der Waals surface area contributed by atoms with Crippen LogP contribution in [0.4, 0.5) is 5.69 Å². The Morgan fingerprint density at radius 2 is 1.92 bits per heavy atom. The molecule has 1 heterocycles. The molecule has 0 aliphatic rings. The number of aromatic nitrogens is 1. The maximum absolute atomic E-state index is 12.5. The van der Waals surface area contributed by atoms with Gasteiger partial charge < -0.3 is 5.32 Å². The van der Waals surface area contributed by atoms with Crippen molar-refractivity contribution in [1.29, 1.82) is 0 Å². The molecule has 6 nitrogen and oxygen atoms in total. The van der Waals surface area contributed by atoms with Crippen molar-refractivity contribution in [3.05, 3.63) is 53.0 Å². The minimum atomic E-state index is -3.65. The van der Waals surface area contributed by atoms with Crippen LogP contribution in [0, 0.1) is 6.92 Å². The van der Waals surface area contributed by atoms with Gasteiger partial charge in [-0.1, -0.05) is 6.07 Å². The van der Waals surface area contributed by atoms with Crippen molar-refractivity contribution >= 4 is 43.2 Å². The zero-order valence-corrected chi connectivity index (χ0v) is 16.2. The SMILES string of the molecule is Cc1nc2ccc(NC(=O)c3cccc(S(=O)(=O)NC(C)C)c3)cc2s1. The van der Waals surface area contributed by atoms with Gasteiger partial charge in [-0.15, -0.1) is 11.3 Å². The van der Waals surface area contributed by atoms with Gasteiger partial charge in [0, 0.05) is 17.3 Å². The van der Waals surface area contributed by atoms with Crippen LogP contribution in [0.5, 0.6) is 0 Å². The third kappa shape index (κ3) is 4.09. The number of amides is 1. The first-order valence-corrected chi connectivity index (χ1v) is 10.4. The molecule has 2 aromatic carbocycles. The third-order valence-corrected chi connectivity index (χ3v) is 6.14. The second-order valence-corrected chi connectivity index (χ2v) is 9.12. The van der Waals surface area contributed by atoms with Gasteiger partial charge >= 0.3 is 0 Å². The van der Waals surface area contributed by atoms with Crippen LogP contribution in [0.25, 0.3) is 10.2 Å². The molecule has 8 heteroatoms. The van der Waals surface area contributed by atoms with Gasteiger partial charge in [-0.3, -0.25) is 4.79 Å². The molecule has 0 fully saturated rings. The van der Waals surface area contributed by atoms with Crippen molar-refractivity contribution in [3.63, 3.8) is 0 Å². The van der Waals surface area contributed by atoms with Crippen molar-refractivity contribution in [2.45, 2.75) is 31.7 Å². The molecule has 3 aromatic rings. The summed E-state index contributed by atoms with van der Waals surface area (Å²) < 4.78 is 28.0. The van der Waals surface area contributed by atoms with Crippen LogP contribution in [0.2, 0.25) is 0 Å². The van der Waals surface area contributed by atoms with Gasteiger partial charge in [0.05, 0.1) is 20.1 Å². The largest absolute Gasteiger partial charge is 0.322 e. The van der Waals surface area contributed by atoms with Crippen LogP contribution in [0.1, 0.15) is 29.2 Å². The highest BCUT2D eigenvalue weighted by Crippen LogP contribution is 2.25. The number of anilines is 1. The minimum absolute atomic E-state index is 0.0624. The lowest BCUT2D eigenvalue weighted by Crippen LogP contribution is -2.30. The Labute approximate surface area is 156 Å². The Morgan fingerprint density at radius 3 is 2.65 bits per heavy atom. The van der Waals surface area contributed by atoms with E-state index in [-0.39, 0.29) is 22.4 Å². The molecule has 0 saturated heterocycles. The lowest BCUT2D eigenvalue weighted by atomic mass is 10.2. The van der Waals surface area contributed by atoms with E-state index in [9.17, 15) is 13.2 Å². The van der Waals surface area contributed by atoms with Gasteiger partial charge in [-0.25, -0.2) is 18.1 Å².